The summed E-state index contributed by atoms with van der Waals surface area (Å²) in [7, 11) is 1.15. The predicted octanol–water partition coefficient (Wildman–Crippen LogP) is 2.09. The molecule has 0 amide bonds. The summed E-state index contributed by atoms with van der Waals surface area (Å²) in [4.78, 5) is 0.217. The molecule has 5 nitrogen and oxygen atoms in total. The van der Waals surface area contributed by atoms with Crippen molar-refractivity contribution >= 4 is 21.6 Å². The minimum atomic E-state index is -3.51. The summed E-state index contributed by atoms with van der Waals surface area (Å²) in [5.41, 5.74) is 0.653. The van der Waals surface area contributed by atoms with Crippen molar-refractivity contribution in [1.82, 2.24) is 4.31 Å². The van der Waals surface area contributed by atoms with Gasteiger partial charge in [0.25, 0.3) is 0 Å². The number of benzene rings is 1. The molecule has 0 spiro atoms. The van der Waals surface area contributed by atoms with Crippen molar-refractivity contribution < 1.29 is 17.9 Å². The number of hydrogen-bond acceptors (Lipinski definition) is 4. The second kappa shape index (κ2) is 7.83. The first-order chi connectivity index (χ1) is 9.47. The van der Waals surface area contributed by atoms with Gasteiger partial charge >= 0.3 is 0 Å². The van der Waals surface area contributed by atoms with Crippen molar-refractivity contribution in [2.45, 2.75) is 17.2 Å². The van der Waals surface area contributed by atoms with Crippen LogP contribution in [0.1, 0.15) is 12.0 Å². The number of hydrogen-bond donors (Lipinski definition) is 0. The number of halogens is 1. The first kappa shape index (κ1) is 17.2. The maximum absolute atomic E-state index is 12.4. The molecule has 0 radical (unpaired) electrons. The summed E-state index contributed by atoms with van der Waals surface area (Å²) in [6.07, 6.45) is 0.644. The molecule has 0 aliphatic rings. The summed E-state index contributed by atoms with van der Waals surface area (Å²) in [5, 5.41) is 0. The molecule has 0 aliphatic carbocycles. The summed E-state index contributed by atoms with van der Waals surface area (Å²) < 4.78 is 36.2. The van der Waals surface area contributed by atoms with E-state index in [1.54, 1.807) is 26.3 Å². The first-order valence-corrected chi connectivity index (χ1v) is 8.13. The first-order valence-electron chi connectivity index (χ1n) is 6.15. The van der Waals surface area contributed by atoms with Crippen LogP contribution in [0.25, 0.3) is 0 Å². The number of sulfonamides is 1. The zero-order valence-electron chi connectivity index (χ0n) is 11.9. The Kier molecular flexibility index (Phi) is 6.75. The summed E-state index contributed by atoms with van der Waals surface area (Å²) in [6, 6.07) is 4.69. The van der Waals surface area contributed by atoms with Crippen molar-refractivity contribution in [2.75, 3.05) is 34.4 Å². The zero-order valence-corrected chi connectivity index (χ0v) is 13.5. The third-order valence-corrected chi connectivity index (χ3v) is 5.07. The van der Waals surface area contributed by atoms with Gasteiger partial charge in [0.15, 0.2) is 0 Å². The number of rotatable bonds is 8. The number of methoxy groups -OCH3 is 2. The smallest absolute Gasteiger partial charge is 0.242 e. The highest BCUT2D eigenvalue weighted by Gasteiger charge is 2.21. The zero-order chi connectivity index (χ0) is 15.2. The van der Waals surface area contributed by atoms with Crippen LogP contribution < -0.4 is 4.74 Å². The Morgan fingerprint density at radius 1 is 1.30 bits per heavy atom. The molecular weight excluding hydrogens is 302 g/mol. The maximum atomic E-state index is 12.4. The molecule has 0 saturated carbocycles. The highest BCUT2D eigenvalue weighted by Crippen LogP contribution is 2.25. The molecule has 0 aromatic heterocycles. The van der Waals surface area contributed by atoms with Crippen LogP contribution in [0.15, 0.2) is 23.1 Å². The van der Waals surface area contributed by atoms with E-state index in [9.17, 15) is 8.42 Å². The van der Waals surface area contributed by atoms with Crippen molar-refractivity contribution in [3.8, 4) is 5.75 Å². The van der Waals surface area contributed by atoms with Gasteiger partial charge in [0.2, 0.25) is 10.0 Å². The SMILES string of the molecule is COCCCN(C)S(=O)(=O)c1ccc(OC)c(CCl)c1. The van der Waals surface area contributed by atoms with Gasteiger partial charge < -0.3 is 9.47 Å². The van der Waals surface area contributed by atoms with Gasteiger partial charge in [-0.05, 0) is 24.6 Å². The quantitative estimate of drug-likeness (QED) is 0.543. The normalized spacial score (nSPS) is 11.8. The predicted molar refractivity (Wildman–Crippen MR) is 78.9 cm³/mol. The highest BCUT2D eigenvalue weighted by atomic mass is 35.5. The molecule has 1 rings (SSSR count). The van der Waals surface area contributed by atoms with E-state index in [1.165, 1.54) is 17.5 Å². The Morgan fingerprint density at radius 2 is 2.00 bits per heavy atom. The van der Waals surface area contributed by atoms with Crippen molar-refractivity contribution in [3.63, 3.8) is 0 Å². The van der Waals surface area contributed by atoms with Gasteiger partial charge in [-0.25, -0.2) is 12.7 Å². The van der Waals surface area contributed by atoms with Gasteiger partial charge in [-0.3, -0.25) is 0 Å². The van der Waals surface area contributed by atoms with Crippen molar-refractivity contribution in [2.24, 2.45) is 0 Å². The molecule has 0 saturated heterocycles. The van der Waals surface area contributed by atoms with Crippen LogP contribution in [0.2, 0.25) is 0 Å². The van der Waals surface area contributed by atoms with Gasteiger partial charge in [0, 0.05) is 32.9 Å². The van der Waals surface area contributed by atoms with E-state index in [-0.39, 0.29) is 10.8 Å². The van der Waals surface area contributed by atoms with E-state index in [4.69, 9.17) is 21.1 Å². The van der Waals surface area contributed by atoms with Crippen molar-refractivity contribution in [1.29, 1.82) is 0 Å². The molecule has 1 aromatic carbocycles. The molecule has 114 valence electrons. The number of nitrogens with zero attached hydrogens (tertiary/aromatic N) is 1. The van der Waals surface area contributed by atoms with Crippen molar-refractivity contribution in [3.05, 3.63) is 23.8 Å². The minimum absolute atomic E-state index is 0.194. The Bertz CT molecular complexity index is 533. The second-order valence-electron chi connectivity index (χ2n) is 4.28. The summed E-state index contributed by atoms with van der Waals surface area (Å²) in [6.45, 7) is 0.924. The third-order valence-electron chi connectivity index (χ3n) is 2.93. The van der Waals surface area contributed by atoms with Crippen LogP contribution >= 0.6 is 11.6 Å². The lowest BCUT2D eigenvalue weighted by molar-refractivity contribution is 0.189. The lowest BCUT2D eigenvalue weighted by Crippen LogP contribution is -2.28. The monoisotopic (exact) mass is 321 g/mol. The van der Waals surface area contributed by atoms with Gasteiger partial charge in [0.1, 0.15) is 5.75 Å². The van der Waals surface area contributed by atoms with Gasteiger partial charge in [-0.2, -0.15) is 0 Å². The molecule has 0 fully saturated rings. The van der Waals surface area contributed by atoms with E-state index < -0.39 is 10.0 Å². The molecule has 0 heterocycles. The Morgan fingerprint density at radius 3 is 2.55 bits per heavy atom. The topological polar surface area (TPSA) is 55.8 Å². The molecule has 20 heavy (non-hydrogen) atoms. The largest absolute Gasteiger partial charge is 0.496 e. The average molecular weight is 322 g/mol. The van der Waals surface area contributed by atoms with E-state index in [0.717, 1.165) is 0 Å². The van der Waals surface area contributed by atoms with Crippen LogP contribution in [0, 0.1) is 0 Å². The van der Waals surface area contributed by atoms with Gasteiger partial charge in [-0.1, -0.05) is 0 Å². The summed E-state index contributed by atoms with van der Waals surface area (Å²) in [5.74, 6) is 0.779. The maximum Gasteiger partial charge on any atom is 0.242 e. The Labute approximate surface area is 125 Å². The van der Waals surface area contributed by atoms with Crippen LogP contribution in [0.4, 0.5) is 0 Å². The fourth-order valence-electron chi connectivity index (χ4n) is 1.75. The molecule has 0 unspecified atom stereocenters. The van der Waals surface area contributed by atoms with E-state index in [2.05, 4.69) is 0 Å². The highest BCUT2D eigenvalue weighted by molar-refractivity contribution is 7.89. The molecular formula is C13H20ClNO4S. The van der Waals surface area contributed by atoms with Gasteiger partial charge in [0.05, 0.1) is 17.9 Å². The molecule has 0 bridgehead atoms. The molecule has 1 aromatic rings. The average Bonchev–Trinajstić information content (AvgIpc) is 2.46. The van der Waals surface area contributed by atoms with Crippen LogP contribution in [0.3, 0.4) is 0 Å². The lowest BCUT2D eigenvalue weighted by Gasteiger charge is -2.18. The Balaban J connectivity index is 2.97. The lowest BCUT2D eigenvalue weighted by atomic mass is 10.2. The van der Waals surface area contributed by atoms with Crippen LogP contribution in [0.5, 0.6) is 5.75 Å². The summed E-state index contributed by atoms with van der Waals surface area (Å²) >= 11 is 5.81. The second-order valence-corrected chi connectivity index (χ2v) is 6.59. The van der Waals surface area contributed by atoms with E-state index >= 15 is 0 Å². The Hall–Kier alpha value is -0.820. The molecule has 0 aliphatic heterocycles. The molecule has 0 N–H and O–H groups in total. The minimum Gasteiger partial charge on any atom is -0.496 e. The molecule has 7 heteroatoms. The van der Waals surface area contributed by atoms with Gasteiger partial charge in [-0.15, -0.1) is 11.6 Å². The molecule has 0 atom stereocenters. The number of alkyl halides is 1. The standard InChI is InChI=1S/C13H20ClNO4S/c1-15(7-4-8-18-2)20(16,17)12-5-6-13(19-3)11(9-12)10-14/h5-6,9H,4,7-8,10H2,1-3H3. The van der Waals surface area contributed by atoms with Crippen LogP contribution in [-0.2, 0) is 20.6 Å². The number of ether oxygens (including phenoxy) is 2. The fourth-order valence-corrected chi connectivity index (χ4v) is 3.22. The third kappa shape index (κ3) is 4.09. The van der Waals surface area contributed by atoms with Crippen LogP contribution in [-0.4, -0.2) is 47.1 Å². The fraction of sp³-hybridized carbons (Fsp3) is 0.538. The van der Waals surface area contributed by atoms with E-state index in [0.29, 0.717) is 30.9 Å². The van der Waals surface area contributed by atoms with E-state index in [1.807, 2.05) is 0 Å².